The van der Waals surface area contributed by atoms with Crippen LogP contribution in [-0.2, 0) is 24.3 Å². The maximum Gasteiger partial charge on any atom is 0.251 e. The summed E-state index contributed by atoms with van der Waals surface area (Å²) in [6, 6.07) is 14.7. The Bertz CT molecular complexity index is 1050. The Kier molecular flexibility index (Phi) is 8.27. The number of ether oxygens (including phenoxy) is 1. The van der Waals surface area contributed by atoms with E-state index in [1.54, 1.807) is 31.4 Å². The molecular formula is C23H27N5O3S. The van der Waals surface area contributed by atoms with Crippen LogP contribution in [-0.4, -0.2) is 39.4 Å². The Labute approximate surface area is 191 Å². The number of hydrogen-bond donors (Lipinski definition) is 2. The van der Waals surface area contributed by atoms with Gasteiger partial charge >= 0.3 is 0 Å². The lowest BCUT2D eigenvalue weighted by Gasteiger charge is -2.09. The summed E-state index contributed by atoms with van der Waals surface area (Å²) >= 11 is 1.31. The number of anilines is 1. The number of aromatic nitrogens is 3. The first-order chi connectivity index (χ1) is 15.5. The van der Waals surface area contributed by atoms with E-state index in [1.165, 1.54) is 17.3 Å². The SMILES string of the molecule is CCc1ccc(NC(=O)CSc2nnc(CNC(=O)c3ccc(OC)cc3)n2CC)cc1. The number of methoxy groups -OCH3 is 1. The number of rotatable bonds is 10. The second-order valence-electron chi connectivity index (χ2n) is 6.94. The number of thioether (sulfide) groups is 1. The third-order valence-electron chi connectivity index (χ3n) is 4.85. The van der Waals surface area contributed by atoms with Gasteiger partial charge in [0.15, 0.2) is 11.0 Å². The Morgan fingerprint density at radius 3 is 2.38 bits per heavy atom. The van der Waals surface area contributed by atoms with E-state index in [0.717, 1.165) is 12.1 Å². The summed E-state index contributed by atoms with van der Waals surface area (Å²) in [5.74, 6) is 1.22. The topological polar surface area (TPSA) is 98.1 Å². The molecule has 3 aromatic rings. The molecule has 2 aromatic carbocycles. The van der Waals surface area contributed by atoms with Gasteiger partial charge in [0.05, 0.1) is 19.4 Å². The summed E-state index contributed by atoms with van der Waals surface area (Å²) in [7, 11) is 1.58. The molecule has 0 saturated carbocycles. The van der Waals surface area contributed by atoms with Gasteiger partial charge in [0.1, 0.15) is 5.75 Å². The van der Waals surface area contributed by atoms with E-state index >= 15 is 0 Å². The highest BCUT2D eigenvalue weighted by atomic mass is 32.2. The third kappa shape index (κ3) is 6.10. The number of hydrogen-bond acceptors (Lipinski definition) is 6. The van der Waals surface area contributed by atoms with Crippen LogP contribution in [0.4, 0.5) is 5.69 Å². The molecule has 1 aromatic heterocycles. The zero-order valence-corrected chi connectivity index (χ0v) is 19.2. The summed E-state index contributed by atoms with van der Waals surface area (Å²) in [4.78, 5) is 24.7. The van der Waals surface area contributed by atoms with Gasteiger partial charge in [0.25, 0.3) is 5.91 Å². The second-order valence-corrected chi connectivity index (χ2v) is 7.88. The van der Waals surface area contributed by atoms with Crippen LogP contribution in [0.5, 0.6) is 5.75 Å². The number of nitrogens with zero attached hydrogens (tertiary/aromatic N) is 3. The average Bonchev–Trinajstić information content (AvgIpc) is 3.23. The van der Waals surface area contributed by atoms with Crippen LogP contribution in [0.1, 0.15) is 35.6 Å². The van der Waals surface area contributed by atoms with Crippen molar-refractivity contribution < 1.29 is 14.3 Å². The number of aryl methyl sites for hydroxylation is 1. The van der Waals surface area contributed by atoms with Gasteiger partial charge in [-0.1, -0.05) is 30.8 Å². The van der Waals surface area contributed by atoms with E-state index < -0.39 is 0 Å². The minimum atomic E-state index is -0.207. The summed E-state index contributed by atoms with van der Waals surface area (Å²) < 4.78 is 7.00. The molecule has 9 heteroatoms. The summed E-state index contributed by atoms with van der Waals surface area (Å²) in [6.45, 7) is 4.93. The van der Waals surface area contributed by atoms with Crippen molar-refractivity contribution in [2.45, 2.75) is 38.5 Å². The van der Waals surface area contributed by atoms with Crippen LogP contribution < -0.4 is 15.4 Å². The van der Waals surface area contributed by atoms with Crippen molar-refractivity contribution >= 4 is 29.3 Å². The normalized spacial score (nSPS) is 10.6. The minimum Gasteiger partial charge on any atom is -0.497 e. The Hall–Kier alpha value is -3.33. The Balaban J connectivity index is 1.54. The molecule has 168 valence electrons. The smallest absolute Gasteiger partial charge is 0.251 e. The fourth-order valence-electron chi connectivity index (χ4n) is 3.03. The number of nitrogens with one attached hydrogen (secondary N) is 2. The molecule has 2 amide bonds. The zero-order chi connectivity index (χ0) is 22.9. The second kappa shape index (κ2) is 11.3. The molecule has 0 fully saturated rings. The van der Waals surface area contributed by atoms with Gasteiger partial charge in [0, 0.05) is 17.8 Å². The van der Waals surface area contributed by atoms with E-state index in [0.29, 0.717) is 28.8 Å². The first kappa shape index (κ1) is 23.3. The molecule has 3 rings (SSSR count). The number of carbonyl (C=O) groups is 2. The van der Waals surface area contributed by atoms with Crippen LogP contribution in [0.3, 0.4) is 0 Å². The van der Waals surface area contributed by atoms with Crippen molar-refractivity contribution in [3.63, 3.8) is 0 Å². The van der Waals surface area contributed by atoms with Crippen molar-refractivity contribution in [1.82, 2.24) is 20.1 Å². The highest BCUT2D eigenvalue weighted by Crippen LogP contribution is 2.18. The van der Waals surface area contributed by atoms with Crippen molar-refractivity contribution in [2.24, 2.45) is 0 Å². The van der Waals surface area contributed by atoms with Gasteiger partial charge in [-0.25, -0.2) is 0 Å². The van der Waals surface area contributed by atoms with E-state index in [9.17, 15) is 9.59 Å². The number of amides is 2. The number of carbonyl (C=O) groups excluding carboxylic acids is 2. The zero-order valence-electron chi connectivity index (χ0n) is 18.4. The van der Waals surface area contributed by atoms with Crippen molar-refractivity contribution in [3.8, 4) is 5.75 Å². The monoisotopic (exact) mass is 453 g/mol. The lowest BCUT2D eigenvalue weighted by Crippen LogP contribution is -2.24. The fourth-order valence-corrected chi connectivity index (χ4v) is 3.85. The Morgan fingerprint density at radius 2 is 1.75 bits per heavy atom. The maximum absolute atomic E-state index is 12.4. The fraction of sp³-hybridized carbons (Fsp3) is 0.304. The largest absolute Gasteiger partial charge is 0.497 e. The van der Waals surface area contributed by atoms with Crippen LogP contribution in [0, 0.1) is 0 Å². The minimum absolute atomic E-state index is 0.112. The lowest BCUT2D eigenvalue weighted by molar-refractivity contribution is -0.113. The molecule has 1 heterocycles. The van der Waals surface area contributed by atoms with Gasteiger partial charge in [0.2, 0.25) is 5.91 Å². The molecule has 0 aliphatic carbocycles. The lowest BCUT2D eigenvalue weighted by atomic mass is 10.1. The molecule has 2 N–H and O–H groups in total. The molecular weight excluding hydrogens is 426 g/mol. The molecule has 0 atom stereocenters. The van der Waals surface area contributed by atoms with Crippen LogP contribution in [0.15, 0.2) is 53.7 Å². The first-order valence-corrected chi connectivity index (χ1v) is 11.4. The van der Waals surface area contributed by atoms with Crippen molar-refractivity contribution in [3.05, 3.63) is 65.5 Å². The predicted octanol–water partition coefficient (Wildman–Crippen LogP) is 3.53. The summed E-state index contributed by atoms with van der Waals surface area (Å²) in [6.07, 6.45) is 0.958. The van der Waals surface area contributed by atoms with Crippen molar-refractivity contribution in [1.29, 1.82) is 0 Å². The highest BCUT2D eigenvalue weighted by molar-refractivity contribution is 7.99. The quantitative estimate of drug-likeness (QED) is 0.456. The van der Waals surface area contributed by atoms with Crippen LogP contribution in [0.25, 0.3) is 0 Å². The molecule has 8 nitrogen and oxygen atoms in total. The molecule has 0 aliphatic rings. The van der Waals surface area contributed by atoms with Crippen LogP contribution in [0.2, 0.25) is 0 Å². The van der Waals surface area contributed by atoms with E-state index in [1.807, 2.05) is 35.8 Å². The predicted molar refractivity (Wildman–Crippen MR) is 125 cm³/mol. The van der Waals surface area contributed by atoms with Gasteiger partial charge in [-0.15, -0.1) is 10.2 Å². The summed E-state index contributed by atoms with van der Waals surface area (Å²) in [5.41, 5.74) is 2.53. The molecule has 0 radical (unpaired) electrons. The van der Waals surface area contributed by atoms with Gasteiger partial charge in [-0.05, 0) is 55.3 Å². The van der Waals surface area contributed by atoms with E-state index in [4.69, 9.17) is 4.74 Å². The number of benzene rings is 2. The van der Waals surface area contributed by atoms with Gasteiger partial charge in [-0.3, -0.25) is 9.59 Å². The molecule has 0 aliphatic heterocycles. The highest BCUT2D eigenvalue weighted by Gasteiger charge is 2.15. The molecule has 32 heavy (non-hydrogen) atoms. The third-order valence-corrected chi connectivity index (χ3v) is 5.81. The van der Waals surface area contributed by atoms with Crippen LogP contribution >= 0.6 is 11.8 Å². The van der Waals surface area contributed by atoms with Gasteiger partial charge < -0.3 is 19.9 Å². The first-order valence-electron chi connectivity index (χ1n) is 10.4. The van der Waals surface area contributed by atoms with E-state index in [-0.39, 0.29) is 24.1 Å². The average molecular weight is 454 g/mol. The van der Waals surface area contributed by atoms with Gasteiger partial charge in [-0.2, -0.15) is 0 Å². The standard InChI is InChI=1S/C23H27N5O3S/c1-4-16-6-10-18(11-7-16)25-21(29)15-32-23-27-26-20(28(23)5-2)14-24-22(30)17-8-12-19(31-3)13-9-17/h6-13H,4-5,14-15H2,1-3H3,(H,24,30)(H,25,29). The molecule has 0 bridgehead atoms. The molecule has 0 saturated heterocycles. The maximum atomic E-state index is 12.4. The van der Waals surface area contributed by atoms with E-state index in [2.05, 4.69) is 27.8 Å². The Morgan fingerprint density at radius 1 is 1.03 bits per heavy atom. The van der Waals surface area contributed by atoms with Crippen molar-refractivity contribution in [2.75, 3.05) is 18.2 Å². The summed E-state index contributed by atoms with van der Waals surface area (Å²) in [5, 5.41) is 14.8. The molecule has 0 unspecified atom stereocenters. The molecule has 0 spiro atoms.